The molecular formula is C29H42N4O5. The van der Waals surface area contributed by atoms with Gasteiger partial charge in [-0.2, -0.15) is 0 Å². The van der Waals surface area contributed by atoms with Gasteiger partial charge in [0.2, 0.25) is 5.91 Å². The van der Waals surface area contributed by atoms with Gasteiger partial charge in [-0.05, 0) is 62.3 Å². The van der Waals surface area contributed by atoms with E-state index in [1.807, 2.05) is 32.9 Å². The first-order chi connectivity index (χ1) is 18.2. The van der Waals surface area contributed by atoms with E-state index in [2.05, 4.69) is 10.2 Å². The van der Waals surface area contributed by atoms with Gasteiger partial charge in [0.05, 0.1) is 12.6 Å². The third-order valence-corrected chi connectivity index (χ3v) is 8.01. The lowest BCUT2D eigenvalue weighted by Gasteiger charge is -2.29. The van der Waals surface area contributed by atoms with Crippen molar-refractivity contribution in [2.45, 2.75) is 83.5 Å². The minimum Gasteiger partial charge on any atom is -0.372 e. The monoisotopic (exact) mass is 526 g/mol. The number of rotatable bonds is 10. The van der Waals surface area contributed by atoms with Crippen LogP contribution in [0.5, 0.6) is 0 Å². The van der Waals surface area contributed by atoms with E-state index in [4.69, 9.17) is 4.74 Å². The van der Waals surface area contributed by atoms with Crippen molar-refractivity contribution in [1.82, 2.24) is 15.1 Å². The van der Waals surface area contributed by atoms with Gasteiger partial charge in [0, 0.05) is 38.0 Å². The van der Waals surface area contributed by atoms with Gasteiger partial charge >= 0.3 is 0 Å². The molecule has 0 saturated carbocycles. The maximum Gasteiger partial charge on any atom is 0.252 e. The fraction of sp³-hybridized carbons (Fsp3) is 0.655. The van der Waals surface area contributed by atoms with Gasteiger partial charge in [-0.1, -0.05) is 27.2 Å². The van der Waals surface area contributed by atoms with Crippen molar-refractivity contribution in [3.05, 3.63) is 29.8 Å². The van der Waals surface area contributed by atoms with E-state index in [1.165, 1.54) is 20.0 Å². The second-order valence-corrected chi connectivity index (χ2v) is 11.2. The number of amides is 3. The number of hydrogen-bond acceptors (Lipinski definition) is 6. The van der Waals surface area contributed by atoms with Crippen molar-refractivity contribution in [3.63, 3.8) is 0 Å². The topological polar surface area (TPSA) is 99.3 Å². The normalized spacial score (nSPS) is 22.7. The molecule has 3 saturated heterocycles. The summed E-state index contributed by atoms with van der Waals surface area (Å²) in [5.41, 5.74) is 1.61. The van der Waals surface area contributed by atoms with Crippen LogP contribution in [0, 0.1) is 5.92 Å². The van der Waals surface area contributed by atoms with Gasteiger partial charge in [0.1, 0.15) is 18.2 Å². The summed E-state index contributed by atoms with van der Waals surface area (Å²) in [5.74, 6) is -0.715. The molecule has 3 fully saturated rings. The third-order valence-electron chi connectivity index (χ3n) is 8.01. The van der Waals surface area contributed by atoms with Crippen LogP contribution in [-0.4, -0.2) is 90.8 Å². The second kappa shape index (κ2) is 12.3. The minimum absolute atomic E-state index is 0.00784. The number of anilines is 1. The Kier molecular flexibility index (Phi) is 9.07. The number of Topliss-reactive ketones (excluding diaryl/α,β-unsaturated/α-hetero) is 1. The Hall–Kier alpha value is -2.94. The van der Waals surface area contributed by atoms with Gasteiger partial charge in [-0.15, -0.1) is 0 Å². The van der Waals surface area contributed by atoms with Crippen LogP contribution >= 0.6 is 0 Å². The van der Waals surface area contributed by atoms with Crippen LogP contribution in [0.15, 0.2) is 24.3 Å². The molecule has 3 heterocycles. The zero-order chi connectivity index (χ0) is 27.4. The Morgan fingerprint density at radius 2 is 1.71 bits per heavy atom. The number of methoxy groups -OCH3 is 1. The van der Waals surface area contributed by atoms with Gasteiger partial charge in [0.15, 0.2) is 5.78 Å². The number of ketones is 1. The molecule has 0 aliphatic carbocycles. The quantitative estimate of drug-likeness (QED) is 0.503. The molecule has 208 valence electrons. The van der Waals surface area contributed by atoms with Crippen LogP contribution in [0.2, 0.25) is 0 Å². The number of likely N-dealkylation sites (tertiary alicyclic amines) is 2. The van der Waals surface area contributed by atoms with Crippen LogP contribution in [-0.2, 0) is 19.1 Å². The van der Waals surface area contributed by atoms with Crippen LogP contribution in [0.1, 0.15) is 69.7 Å². The molecule has 0 bridgehead atoms. The molecule has 3 amide bonds. The van der Waals surface area contributed by atoms with E-state index >= 15 is 0 Å². The van der Waals surface area contributed by atoms with Crippen LogP contribution in [0.3, 0.4) is 0 Å². The average Bonchev–Trinajstić information content (AvgIpc) is 3.65. The fourth-order valence-electron chi connectivity index (χ4n) is 6.08. The zero-order valence-electron chi connectivity index (χ0n) is 23.2. The first-order valence-electron chi connectivity index (χ1n) is 14.1. The Bertz CT molecular complexity index is 1020. The Balaban J connectivity index is 1.45. The lowest BCUT2D eigenvalue weighted by Crippen LogP contribution is -2.53. The molecule has 1 aromatic rings. The standard InChI is InChI=1S/C29H42N4O5/c1-5-8-25(38-4)29(37)33-18-24(34)26-23(33)13-16-32(26)28(36)22(17-19(2)3)30-27(35)20-9-11-21(12-10-20)31-14-6-7-15-31/h9-12,19,22-23,25-26H,5-8,13-18H2,1-4H3,(H,30,35). The fourth-order valence-corrected chi connectivity index (χ4v) is 6.08. The van der Waals surface area contributed by atoms with Crippen molar-refractivity contribution in [1.29, 1.82) is 0 Å². The maximum absolute atomic E-state index is 13.8. The second-order valence-electron chi connectivity index (χ2n) is 11.2. The Morgan fingerprint density at radius 1 is 1.03 bits per heavy atom. The minimum atomic E-state index is -0.746. The summed E-state index contributed by atoms with van der Waals surface area (Å²) in [5, 5.41) is 2.95. The number of ether oxygens (including phenoxy) is 1. The number of nitrogens with zero attached hydrogens (tertiary/aromatic N) is 3. The highest BCUT2D eigenvalue weighted by Gasteiger charge is 2.53. The molecule has 3 aliphatic rings. The number of benzene rings is 1. The first-order valence-corrected chi connectivity index (χ1v) is 14.1. The Labute approximate surface area is 225 Å². The van der Waals surface area contributed by atoms with Gasteiger partial charge in [0.25, 0.3) is 11.8 Å². The highest BCUT2D eigenvalue weighted by atomic mass is 16.5. The van der Waals surface area contributed by atoms with E-state index in [-0.39, 0.29) is 42.0 Å². The molecule has 1 aromatic carbocycles. The number of fused-ring (bicyclic) bond motifs is 1. The molecule has 0 aromatic heterocycles. The van der Waals surface area contributed by atoms with Crippen LogP contribution in [0.4, 0.5) is 5.69 Å². The maximum atomic E-state index is 13.8. The van der Waals surface area contributed by atoms with Gasteiger partial charge in [-0.3, -0.25) is 19.2 Å². The van der Waals surface area contributed by atoms with Crippen molar-refractivity contribution >= 4 is 29.2 Å². The molecular weight excluding hydrogens is 484 g/mol. The van der Waals surface area contributed by atoms with Crippen molar-refractivity contribution in [2.75, 3.05) is 38.2 Å². The van der Waals surface area contributed by atoms with Crippen LogP contribution < -0.4 is 10.2 Å². The molecule has 4 atom stereocenters. The summed E-state index contributed by atoms with van der Waals surface area (Å²) in [6, 6.07) is 5.76. The lowest BCUT2D eigenvalue weighted by molar-refractivity contribution is -0.144. The number of nitrogens with one attached hydrogen (secondary N) is 1. The number of carbonyl (C=O) groups excluding carboxylic acids is 4. The summed E-state index contributed by atoms with van der Waals surface area (Å²) in [7, 11) is 1.51. The van der Waals surface area contributed by atoms with E-state index in [1.54, 1.807) is 21.9 Å². The molecule has 4 unspecified atom stereocenters. The summed E-state index contributed by atoms with van der Waals surface area (Å²) in [6.07, 6.45) is 4.16. The molecule has 9 nitrogen and oxygen atoms in total. The highest BCUT2D eigenvalue weighted by Crippen LogP contribution is 2.32. The summed E-state index contributed by atoms with van der Waals surface area (Å²) in [4.78, 5) is 58.6. The zero-order valence-corrected chi connectivity index (χ0v) is 23.2. The molecule has 3 aliphatic heterocycles. The van der Waals surface area contributed by atoms with Crippen molar-refractivity contribution in [2.24, 2.45) is 5.92 Å². The Morgan fingerprint density at radius 3 is 2.32 bits per heavy atom. The first kappa shape index (κ1) is 28.1. The summed E-state index contributed by atoms with van der Waals surface area (Å²) < 4.78 is 5.39. The van der Waals surface area contributed by atoms with E-state index in [9.17, 15) is 19.2 Å². The molecule has 9 heteroatoms. The number of hydrogen-bond donors (Lipinski definition) is 1. The highest BCUT2D eigenvalue weighted by molar-refractivity contribution is 6.01. The average molecular weight is 527 g/mol. The predicted molar refractivity (Wildman–Crippen MR) is 145 cm³/mol. The molecule has 0 radical (unpaired) electrons. The summed E-state index contributed by atoms with van der Waals surface area (Å²) >= 11 is 0. The molecule has 1 N–H and O–H groups in total. The van der Waals surface area contributed by atoms with Gasteiger partial charge in [-0.25, -0.2) is 0 Å². The lowest BCUT2D eigenvalue weighted by atomic mass is 10.0. The summed E-state index contributed by atoms with van der Waals surface area (Å²) in [6.45, 7) is 8.42. The van der Waals surface area contributed by atoms with E-state index in [0.29, 0.717) is 31.4 Å². The molecule has 4 rings (SSSR count). The third kappa shape index (κ3) is 5.87. The van der Waals surface area contributed by atoms with E-state index < -0.39 is 18.2 Å². The van der Waals surface area contributed by atoms with Crippen molar-refractivity contribution in [3.8, 4) is 0 Å². The van der Waals surface area contributed by atoms with Crippen molar-refractivity contribution < 1.29 is 23.9 Å². The van der Waals surface area contributed by atoms with E-state index in [0.717, 1.165) is 25.2 Å². The van der Waals surface area contributed by atoms with Gasteiger partial charge < -0.3 is 24.8 Å². The van der Waals surface area contributed by atoms with Crippen LogP contribution in [0.25, 0.3) is 0 Å². The predicted octanol–water partition coefficient (Wildman–Crippen LogP) is 2.63. The molecule has 38 heavy (non-hydrogen) atoms. The SMILES string of the molecule is CCCC(OC)C(=O)N1CC(=O)C2C1CCN2C(=O)C(CC(C)C)NC(=O)c1ccc(N2CCCC2)cc1. The number of carbonyl (C=O) groups is 4. The smallest absolute Gasteiger partial charge is 0.252 e. The largest absolute Gasteiger partial charge is 0.372 e. The molecule has 0 spiro atoms.